The van der Waals surface area contributed by atoms with Crippen molar-refractivity contribution in [1.82, 2.24) is 0 Å². The third-order valence-electron chi connectivity index (χ3n) is 2.64. The molecule has 0 bridgehead atoms. The molecule has 3 heteroatoms. The molecule has 0 radical (unpaired) electrons. The minimum Gasteiger partial charge on any atom is -0.496 e. The molecule has 2 nitrogen and oxygen atoms in total. The first kappa shape index (κ1) is 13.4. The fourth-order valence-electron chi connectivity index (χ4n) is 1.72. The maximum atomic E-state index is 10.1. The number of thioether (sulfide) groups is 1. The summed E-state index contributed by atoms with van der Waals surface area (Å²) in [6.45, 7) is 5.68. The molecule has 0 heterocycles. The zero-order valence-electron chi connectivity index (χ0n) is 10.6. The van der Waals surface area contributed by atoms with Gasteiger partial charge in [0.05, 0.1) is 12.7 Å². The van der Waals surface area contributed by atoms with Gasteiger partial charge in [0.15, 0.2) is 0 Å². The van der Waals surface area contributed by atoms with Crippen LogP contribution in [0.3, 0.4) is 0 Å². The predicted octanol–water partition coefficient (Wildman–Crippen LogP) is 3.21. The predicted molar refractivity (Wildman–Crippen MR) is 69.4 cm³/mol. The first-order chi connectivity index (χ1) is 7.43. The van der Waals surface area contributed by atoms with Crippen molar-refractivity contribution in [2.45, 2.75) is 37.7 Å². The quantitative estimate of drug-likeness (QED) is 0.819. The van der Waals surface area contributed by atoms with Crippen molar-refractivity contribution in [2.24, 2.45) is 0 Å². The van der Waals surface area contributed by atoms with Crippen molar-refractivity contribution in [3.63, 3.8) is 0 Å². The van der Waals surface area contributed by atoms with Crippen LogP contribution in [0.2, 0.25) is 0 Å². The highest BCUT2D eigenvalue weighted by Gasteiger charge is 2.22. The lowest BCUT2D eigenvalue weighted by atomic mass is 9.95. The van der Waals surface area contributed by atoms with Crippen LogP contribution in [0.15, 0.2) is 17.0 Å². The van der Waals surface area contributed by atoms with E-state index in [-0.39, 0.29) is 0 Å². The van der Waals surface area contributed by atoms with Gasteiger partial charge in [-0.05, 0) is 44.2 Å². The summed E-state index contributed by atoms with van der Waals surface area (Å²) in [5.74, 6) is 0.766. The van der Waals surface area contributed by atoms with Crippen LogP contribution in [0, 0.1) is 0 Å². The van der Waals surface area contributed by atoms with Crippen LogP contribution in [0.4, 0.5) is 0 Å². The Bertz CT molecular complexity index is 367. The van der Waals surface area contributed by atoms with E-state index < -0.39 is 5.60 Å². The SMILES string of the molecule is CCc1cc(OC)c(C(C)(C)O)cc1SC. The van der Waals surface area contributed by atoms with Crippen LogP contribution in [0.5, 0.6) is 5.75 Å². The number of benzene rings is 1. The lowest BCUT2D eigenvalue weighted by Crippen LogP contribution is -2.17. The fraction of sp³-hybridized carbons (Fsp3) is 0.538. The number of methoxy groups -OCH3 is 1. The molecule has 1 aromatic rings. The van der Waals surface area contributed by atoms with E-state index in [2.05, 4.69) is 13.2 Å². The van der Waals surface area contributed by atoms with Crippen LogP contribution in [0.1, 0.15) is 31.9 Å². The largest absolute Gasteiger partial charge is 0.496 e. The molecule has 1 aromatic carbocycles. The molecule has 0 unspecified atom stereocenters. The van der Waals surface area contributed by atoms with Gasteiger partial charge < -0.3 is 9.84 Å². The van der Waals surface area contributed by atoms with Crippen LogP contribution >= 0.6 is 11.8 Å². The van der Waals surface area contributed by atoms with Crippen LogP contribution in [-0.2, 0) is 12.0 Å². The van der Waals surface area contributed by atoms with Gasteiger partial charge in [-0.2, -0.15) is 0 Å². The summed E-state index contributed by atoms with van der Waals surface area (Å²) in [5, 5.41) is 10.1. The molecule has 0 saturated heterocycles. The van der Waals surface area contributed by atoms with Crippen LogP contribution in [0.25, 0.3) is 0 Å². The Kier molecular flexibility index (Phi) is 4.28. The van der Waals surface area contributed by atoms with Gasteiger partial charge in [-0.3, -0.25) is 0 Å². The Morgan fingerprint density at radius 2 is 2.00 bits per heavy atom. The number of hydrogen-bond donors (Lipinski definition) is 1. The normalized spacial score (nSPS) is 11.6. The van der Waals surface area contributed by atoms with Gasteiger partial charge in [0.25, 0.3) is 0 Å². The average Bonchev–Trinajstić information content (AvgIpc) is 2.25. The van der Waals surface area contributed by atoms with E-state index >= 15 is 0 Å². The van der Waals surface area contributed by atoms with Gasteiger partial charge in [0, 0.05) is 10.5 Å². The molecule has 1 rings (SSSR count). The van der Waals surface area contributed by atoms with E-state index in [1.165, 1.54) is 10.5 Å². The Morgan fingerprint density at radius 1 is 1.38 bits per heavy atom. The van der Waals surface area contributed by atoms with Crippen LogP contribution < -0.4 is 4.74 Å². The second-order valence-corrected chi connectivity index (χ2v) is 5.12. The monoisotopic (exact) mass is 240 g/mol. The molecule has 16 heavy (non-hydrogen) atoms. The lowest BCUT2D eigenvalue weighted by molar-refractivity contribution is 0.0754. The maximum Gasteiger partial charge on any atom is 0.125 e. The standard InChI is InChI=1S/C13H20O2S/c1-6-9-7-11(15-4)10(13(2,3)14)8-12(9)16-5/h7-8,14H,6H2,1-5H3. The molecule has 0 saturated carbocycles. The van der Waals surface area contributed by atoms with Gasteiger partial charge in [0.2, 0.25) is 0 Å². The number of aryl methyl sites for hydroxylation is 1. The van der Waals surface area contributed by atoms with E-state index in [4.69, 9.17) is 4.74 Å². The minimum atomic E-state index is -0.873. The van der Waals surface area contributed by atoms with Gasteiger partial charge >= 0.3 is 0 Å². The zero-order chi connectivity index (χ0) is 12.3. The minimum absolute atomic E-state index is 0.766. The van der Waals surface area contributed by atoms with Gasteiger partial charge in [-0.15, -0.1) is 11.8 Å². The number of hydrogen-bond acceptors (Lipinski definition) is 3. The molecule has 0 aliphatic carbocycles. The summed E-state index contributed by atoms with van der Waals surface area (Å²) in [6.07, 6.45) is 3.02. The van der Waals surface area contributed by atoms with Crippen LogP contribution in [-0.4, -0.2) is 18.5 Å². The first-order valence-electron chi connectivity index (χ1n) is 5.41. The molecular weight excluding hydrogens is 220 g/mol. The molecular formula is C13H20O2S. The van der Waals surface area contributed by atoms with Crippen molar-refractivity contribution in [3.8, 4) is 5.75 Å². The summed E-state index contributed by atoms with van der Waals surface area (Å²) in [4.78, 5) is 1.21. The summed E-state index contributed by atoms with van der Waals surface area (Å²) < 4.78 is 5.34. The smallest absolute Gasteiger partial charge is 0.125 e. The van der Waals surface area contributed by atoms with Crippen molar-refractivity contribution >= 4 is 11.8 Å². The second kappa shape index (κ2) is 5.11. The Balaban J connectivity index is 3.38. The maximum absolute atomic E-state index is 10.1. The summed E-state index contributed by atoms with van der Waals surface area (Å²) >= 11 is 1.70. The molecule has 0 fully saturated rings. The molecule has 90 valence electrons. The summed E-state index contributed by atoms with van der Waals surface area (Å²) in [7, 11) is 1.64. The molecule has 0 aromatic heterocycles. The highest BCUT2D eigenvalue weighted by Crippen LogP contribution is 2.35. The zero-order valence-corrected chi connectivity index (χ0v) is 11.4. The van der Waals surface area contributed by atoms with Crippen molar-refractivity contribution in [2.75, 3.05) is 13.4 Å². The van der Waals surface area contributed by atoms with E-state index in [1.807, 2.05) is 12.1 Å². The van der Waals surface area contributed by atoms with Gasteiger partial charge in [0.1, 0.15) is 5.75 Å². The number of aliphatic hydroxyl groups is 1. The molecule has 0 amide bonds. The van der Waals surface area contributed by atoms with Crippen molar-refractivity contribution in [1.29, 1.82) is 0 Å². The third kappa shape index (κ3) is 2.71. The van der Waals surface area contributed by atoms with E-state index in [0.29, 0.717) is 0 Å². The Morgan fingerprint density at radius 3 is 2.38 bits per heavy atom. The van der Waals surface area contributed by atoms with E-state index in [1.54, 1.807) is 32.7 Å². The molecule has 0 spiro atoms. The van der Waals surface area contributed by atoms with Gasteiger partial charge in [-0.1, -0.05) is 6.92 Å². The summed E-state index contributed by atoms with van der Waals surface area (Å²) in [6, 6.07) is 4.06. The molecule has 0 aliphatic rings. The molecule has 1 N–H and O–H groups in total. The fourth-order valence-corrected chi connectivity index (χ4v) is 2.42. The highest BCUT2D eigenvalue weighted by molar-refractivity contribution is 7.98. The molecule has 0 aliphatic heterocycles. The van der Waals surface area contributed by atoms with Crippen molar-refractivity contribution < 1.29 is 9.84 Å². The number of rotatable bonds is 4. The average molecular weight is 240 g/mol. The van der Waals surface area contributed by atoms with E-state index in [0.717, 1.165) is 17.7 Å². The Labute approximate surface area is 102 Å². The van der Waals surface area contributed by atoms with Crippen molar-refractivity contribution in [3.05, 3.63) is 23.3 Å². The van der Waals surface area contributed by atoms with E-state index in [9.17, 15) is 5.11 Å². The molecule has 0 atom stereocenters. The van der Waals surface area contributed by atoms with Gasteiger partial charge in [-0.25, -0.2) is 0 Å². The topological polar surface area (TPSA) is 29.5 Å². The second-order valence-electron chi connectivity index (χ2n) is 4.28. The lowest BCUT2D eigenvalue weighted by Gasteiger charge is -2.23. The highest BCUT2D eigenvalue weighted by atomic mass is 32.2. The third-order valence-corrected chi connectivity index (χ3v) is 3.46. The Hall–Kier alpha value is -0.670. The number of ether oxygens (including phenoxy) is 1. The first-order valence-corrected chi connectivity index (χ1v) is 6.64. The summed E-state index contributed by atoms with van der Waals surface area (Å²) in [5.41, 5.74) is 1.23.